The zero-order chi connectivity index (χ0) is 15.6. The Morgan fingerprint density at radius 3 is 2.76 bits per heavy atom. The molecule has 0 aliphatic carbocycles. The molecule has 2 N–H and O–H groups in total. The van der Waals surface area contributed by atoms with E-state index in [1.165, 1.54) is 17.4 Å². The Kier molecular flexibility index (Phi) is 4.88. The quantitative estimate of drug-likeness (QED) is 0.825. The van der Waals surface area contributed by atoms with Gasteiger partial charge in [-0.05, 0) is 41.4 Å². The Morgan fingerprint density at radius 2 is 2.14 bits per heavy atom. The summed E-state index contributed by atoms with van der Waals surface area (Å²) in [6, 6.07) is 3.91. The second-order valence-corrected chi connectivity index (χ2v) is 6.31. The topological polar surface area (TPSA) is 49.3 Å². The van der Waals surface area contributed by atoms with Gasteiger partial charge in [0.05, 0.1) is 22.2 Å². The minimum atomic E-state index is -1.22. The SMILES string of the molecule is CC(O)(CNC(=O)c1cc(F)c(Cl)cc1Cl)c1ccsc1. The molecule has 0 radical (unpaired) electrons. The van der Waals surface area contributed by atoms with Crippen molar-refractivity contribution >= 4 is 40.4 Å². The standard InChI is InChI=1S/C14H12Cl2FNO2S/c1-14(20,8-2-3-21-6-8)7-18-13(19)9-4-12(17)11(16)5-10(9)15/h2-6,20H,7H2,1H3,(H,18,19). The second kappa shape index (κ2) is 6.32. The van der Waals surface area contributed by atoms with Gasteiger partial charge in [0.25, 0.3) is 5.91 Å². The summed E-state index contributed by atoms with van der Waals surface area (Å²) in [5.74, 6) is -1.30. The second-order valence-electron chi connectivity index (χ2n) is 4.71. The third-order valence-electron chi connectivity index (χ3n) is 2.99. The molecule has 7 heteroatoms. The first kappa shape index (κ1) is 16.2. The molecule has 1 atom stereocenters. The van der Waals surface area contributed by atoms with Gasteiger partial charge < -0.3 is 10.4 Å². The molecule has 0 saturated heterocycles. The molecule has 1 amide bonds. The number of carbonyl (C=O) groups is 1. The van der Waals surface area contributed by atoms with E-state index in [0.717, 1.165) is 6.07 Å². The van der Waals surface area contributed by atoms with Crippen LogP contribution in [0, 0.1) is 5.82 Å². The lowest BCUT2D eigenvalue weighted by Gasteiger charge is -2.23. The maximum Gasteiger partial charge on any atom is 0.253 e. The Hall–Kier alpha value is -1.14. The van der Waals surface area contributed by atoms with Gasteiger partial charge >= 0.3 is 0 Å². The molecule has 2 aromatic rings. The predicted molar refractivity (Wildman–Crippen MR) is 82.6 cm³/mol. The van der Waals surface area contributed by atoms with E-state index in [0.29, 0.717) is 5.56 Å². The predicted octanol–water partition coefficient (Wildman–Crippen LogP) is 3.83. The van der Waals surface area contributed by atoms with Crippen LogP contribution < -0.4 is 5.32 Å². The fraction of sp³-hybridized carbons (Fsp3) is 0.214. The first-order valence-corrected chi connectivity index (χ1v) is 7.69. The average molecular weight is 348 g/mol. The number of benzene rings is 1. The van der Waals surface area contributed by atoms with Crippen LogP contribution in [0.3, 0.4) is 0 Å². The van der Waals surface area contributed by atoms with E-state index in [9.17, 15) is 14.3 Å². The number of hydrogen-bond acceptors (Lipinski definition) is 3. The van der Waals surface area contributed by atoms with Gasteiger partial charge in [0, 0.05) is 0 Å². The molecule has 1 aromatic carbocycles. The number of nitrogens with one attached hydrogen (secondary N) is 1. The first-order valence-electron chi connectivity index (χ1n) is 5.99. The fourth-order valence-electron chi connectivity index (χ4n) is 1.72. The Labute approximate surface area is 135 Å². The van der Waals surface area contributed by atoms with Gasteiger partial charge in [-0.1, -0.05) is 23.2 Å². The highest BCUT2D eigenvalue weighted by Gasteiger charge is 2.25. The van der Waals surface area contributed by atoms with Crippen LogP contribution in [-0.4, -0.2) is 17.6 Å². The number of aliphatic hydroxyl groups is 1. The molecule has 1 unspecified atom stereocenters. The van der Waals surface area contributed by atoms with Gasteiger partial charge in [0.15, 0.2) is 0 Å². The average Bonchev–Trinajstić information content (AvgIpc) is 2.95. The number of hydrogen-bond donors (Lipinski definition) is 2. The summed E-state index contributed by atoms with van der Waals surface area (Å²) in [6.07, 6.45) is 0. The molecule has 1 aromatic heterocycles. The number of carbonyl (C=O) groups excluding carboxylic acids is 1. The Balaban J connectivity index is 2.11. The fourth-order valence-corrected chi connectivity index (χ4v) is 2.97. The van der Waals surface area contributed by atoms with Crippen molar-refractivity contribution in [3.05, 3.63) is 55.9 Å². The summed E-state index contributed by atoms with van der Waals surface area (Å²) in [5.41, 5.74) is -0.548. The molecule has 0 fully saturated rings. The molecule has 0 aliphatic heterocycles. The highest BCUT2D eigenvalue weighted by Crippen LogP contribution is 2.25. The van der Waals surface area contributed by atoms with Crippen LogP contribution in [0.15, 0.2) is 29.0 Å². The zero-order valence-electron chi connectivity index (χ0n) is 11.0. The summed E-state index contributed by atoms with van der Waals surface area (Å²) >= 11 is 12.9. The molecule has 21 heavy (non-hydrogen) atoms. The van der Waals surface area contributed by atoms with E-state index >= 15 is 0 Å². The molecule has 0 aliphatic rings. The van der Waals surface area contributed by atoms with E-state index < -0.39 is 17.3 Å². The van der Waals surface area contributed by atoms with Crippen LogP contribution in [0.25, 0.3) is 0 Å². The zero-order valence-corrected chi connectivity index (χ0v) is 13.3. The van der Waals surface area contributed by atoms with Gasteiger partial charge in [-0.2, -0.15) is 11.3 Å². The largest absolute Gasteiger partial charge is 0.384 e. The van der Waals surface area contributed by atoms with E-state index in [2.05, 4.69) is 5.32 Å². The van der Waals surface area contributed by atoms with Crippen molar-refractivity contribution in [1.82, 2.24) is 5.32 Å². The Bertz CT molecular complexity index is 659. The molecular weight excluding hydrogens is 336 g/mol. The minimum Gasteiger partial charge on any atom is -0.384 e. The number of amides is 1. The van der Waals surface area contributed by atoms with Gasteiger partial charge in [0.1, 0.15) is 11.4 Å². The van der Waals surface area contributed by atoms with Crippen LogP contribution in [-0.2, 0) is 5.60 Å². The van der Waals surface area contributed by atoms with Crippen LogP contribution in [0.1, 0.15) is 22.8 Å². The summed E-state index contributed by atoms with van der Waals surface area (Å²) in [5, 5.41) is 16.4. The highest BCUT2D eigenvalue weighted by molar-refractivity contribution is 7.08. The van der Waals surface area contributed by atoms with E-state index in [1.807, 2.05) is 5.38 Å². The summed E-state index contributed by atoms with van der Waals surface area (Å²) in [7, 11) is 0. The summed E-state index contributed by atoms with van der Waals surface area (Å²) in [4.78, 5) is 12.0. The molecule has 0 spiro atoms. The number of thiophene rings is 1. The van der Waals surface area contributed by atoms with Crippen molar-refractivity contribution < 1.29 is 14.3 Å². The molecule has 3 nitrogen and oxygen atoms in total. The summed E-state index contributed by atoms with van der Waals surface area (Å²) < 4.78 is 13.4. The normalized spacial score (nSPS) is 13.8. The van der Waals surface area contributed by atoms with Crippen LogP contribution in [0.2, 0.25) is 10.0 Å². The van der Waals surface area contributed by atoms with Gasteiger partial charge in [-0.15, -0.1) is 0 Å². The monoisotopic (exact) mass is 347 g/mol. The van der Waals surface area contributed by atoms with E-state index in [-0.39, 0.29) is 22.2 Å². The van der Waals surface area contributed by atoms with E-state index in [4.69, 9.17) is 23.2 Å². The van der Waals surface area contributed by atoms with Crippen LogP contribution in [0.5, 0.6) is 0 Å². The van der Waals surface area contributed by atoms with Gasteiger partial charge in [-0.3, -0.25) is 4.79 Å². The van der Waals surface area contributed by atoms with Crippen molar-refractivity contribution in [3.8, 4) is 0 Å². The third kappa shape index (κ3) is 3.74. The van der Waals surface area contributed by atoms with Crippen molar-refractivity contribution in [3.63, 3.8) is 0 Å². The van der Waals surface area contributed by atoms with Crippen LogP contribution in [0.4, 0.5) is 4.39 Å². The lowest BCUT2D eigenvalue weighted by Crippen LogP contribution is -2.38. The van der Waals surface area contributed by atoms with Crippen molar-refractivity contribution in [1.29, 1.82) is 0 Å². The van der Waals surface area contributed by atoms with E-state index in [1.54, 1.807) is 18.4 Å². The lowest BCUT2D eigenvalue weighted by atomic mass is 9.99. The molecule has 1 heterocycles. The van der Waals surface area contributed by atoms with Crippen molar-refractivity contribution in [2.24, 2.45) is 0 Å². The first-order chi connectivity index (χ1) is 9.81. The third-order valence-corrected chi connectivity index (χ3v) is 4.28. The number of rotatable bonds is 4. The van der Waals surface area contributed by atoms with Crippen molar-refractivity contribution in [2.45, 2.75) is 12.5 Å². The smallest absolute Gasteiger partial charge is 0.253 e. The maximum absolute atomic E-state index is 13.4. The van der Waals surface area contributed by atoms with Gasteiger partial charge in [0.2, 0.25) is 0 Å². The molecule has 112 valence electrons. The molecule has 0 bridgehead atoms. The summed E-state index contributed by atoms with van der Waals surface area (Å²) in [6.45, 7) is 1.56. The minimum absolute atomic E-state index is 0.0247. The maximum atomic E-state index is 13.4. The lowest BCUT2D eigenvalue weighted by molar-refractivity contribution is 0.0530. The molecule has 2 rings (SSSR count). The molecule has 0 saturated carbocycles. The highest BCUT2D eigenvalue weighted by atomic mass is 35.5. The molecular formula is C14H12Cl2FNO2S. The van der Waals surface area contributed by atoms with Gasteiger partial charge in [-0.25, -0.2) is 4.39 Å². The van der Waals surface area contributed by atoms with Crippen molar-refractivity contribution in [2.75, 3.05) is 6.54 Å². The van der Waals surface area contributed by atoms with Crippen LogP contribution >= 0.6 is 34.5 Å². The Morgan fingerprint density at radius 1 is 1.43 bits per heavy atom. The number of halogens is 3.